The molecule has 0 saturated heterocycles. The van der Waals surface area contributed by atoms with Gasteiger partial charge >= 0.3 is 0 Å². The number of nitrogens with two attached hydrogens (primary N) is 1. The van der Waals surface area contributed by atoms with Crippen molar-refractivity contribution in [2.45, 2.75) is 6.92 Å². The van der Waals surface area contributed by atoms with Crippen LogP contribution in [0.1, 0.15) is 5.56 Å². The maximum Gasteiger partial charge on any atom is 0.240 e. The summed E-state index contributed by atoms with van der Waals surface area (Å²) in [5.74, 6) is 0.181. The van der Waals surface area contributed by atoms with Crippen LogP contribution in [-0.4, -0.2) is 15.2 Å². The third-order valence-corrected chi connectivity index (χ3v) is 3.04. The molecule has 0 atom stereocenters. The Hall–Kier alpha value is -2.75. The third-order valence-electron chi connectivity index (χ3n) is 3.04. The molecule has 3 rings (SSSR count). The van der Waals surface area contributed by atoms with Gasteiger partial charge in [0.15, 0.2) is 0 Å². The Labute approximate surface area is 117 Å². The topological polar surface area (TPSA) is 64.7 Å². The largest absolute Gasteiger partial charge is 0.366 e. The summed E-state index contributed by atoms with van der Waals surface area (Å²) >= 11 is 0. The lowest BCUT2D eigenvalue weighted by Gasteiger charge is -2.08. The van der Waals surface area contributed by atoms with E-state index in [1.54, 1.807) is 0 Å². The normalized spacial score (nSPS) is 10.4. The van der Waals surface area contributed by atoms with Crippen molar-refractivity contribution in [3.63, 3.8) is 0 Å². The lowest BCUT2D eigenvalue weighted by molar-refractivity contribution is 0.997. The van der Waals surface area contributed by atoms with Crippen LogP contribution in [0.2, 0.25) is 0 Å². The molecule has 0 saturated carbocycles. The quantitative estimate of drug-likeness (QED) is 0.770. The van der Waals surface area contributed by atoms with E-state index in [0.717, 1.165) is 22.5 Å². The van der Waals surface area contributed by atoms with E-state index in [0.29, 0.717) is 0 Å². The molecular formula is C16H14N4. The molecule has 2 N–H and O–H groups in total. The fourth-order valence-corrected chi connectivity index (χ4v) is 2.12. The molecule has 0 aliphatic carbocycles. The van der Waals surface area contributed by atoms with Crippen molar-refractivity contribution in [3.05, 3.63) is 60.2 Å². The molecule has 0 aliphatic rings. The van der Waals surface area contributed by atoms with Crippen LogP contribution in [0.5, 0.6) is 0 Å². The predicted octanol–water partition coefficient (Wildman–Crippen LogP) is 3.10. The van der Waals surface area contributed by atoms with Crippen LogP contribution in [0.15, 0.2) is 54.6 Å². The number of benzene rings is 2. The number of nitrogen functional groups attached to an aromatic ring is 1. The summed E-state index contributed by atoms with van der Waals surface area (Å²) in [7, 11) is 0. The van der Waals surface area contributed by atoms with E-state index in [4.69, 9.17) is 5.73 Å². The van der Waals surface area contributed by atoms with Gasteiger partial charge in [-0.15, -0.1) is 10.2 Å². The predicted molar refractivity (Wildman–Crippen MR) is 79.8 cm³/mol. The number of aryl methyl sites for hydroxylation is 1. The average molecular weight is 262 g/mol. The number of hydrogen-bond acceptors (Lipinski definition) is 4. The molecule has 0 radical (unpaired) electrons. The van der Waals surface area contributed by atoms with Gasteiger partial charge in [0.05, 0.1) is 0 Å². The Balaban J connectivity index is 2.22. The molecule has 0 bridgehead atoms. The van der Waals surface area contributed by atoms with Crippen molar-refractivity contribution in [1.82, 2.24) is 15.2 Å². The lowest BCUT2D eigenvalue weighted by atomic mass is 10.0. The van der Waals surface area contributed by atoms with Crippen molar-refractivity contribution < 1.29 is 0 Å². The van der Waals surface area contributed by atoms with E-state index < -0.39 is 0 Å². The first-order chi connectivity index (χ1) is 9.74. The first kappa shape index (κ1) is 12.3. The molecule has 0 fully saturated rings. The standard InChI is InChI=1S/C16H14N4/c1-11-6-5-9-13(10-11)15-14(18-16(17)20-19-15)12-7-3-2-4-8-12/h2-10H,1H3,(H2,17,18,20). The molecule has 2 aromatic carbocycles. The molecule has 20 heavy (non-hydrogen) atoms. The van der Waals surface area contributed by atoms with Crippen LogP contribution in [0.25, 0.3) is 22.5 Å². The van der Waals surface area contributed by atoms with Crippen molar-refractivity contribution >= 4 is 5.95 Å². The van der Waals surface area contributed by atoms with E-state index in [2.05, 4.69) is 21.2 Å². The van der Waals surface area contributed by atoms with E-state index in [-0.39, 0.29) is 5.95 Å². The highest BCUT2D eigenvalue weighted by atomic mass is 15.2. The minimum absolute atomic E-state index is 0.181. The molecule has 4 nitrogen and oxygen atoms in total. The van der Waals surface area contributed by atoms with Crippen LogP contribution < -0.4 is 5.73 Å². The molecule has 3 aromatic rings. The third kappa shape index (κ3) is 2.36. The van der Waals surface area contributed by atoms with Crippen LogP contribution in [0.4, 0.5) is 5.95 Å². The van der Waals surface area contributed by atoms with Gasteiger partial charge in [-0.2, -0.15) is 0 Å². The minimum atomic E-state index is 0.181. The summed E-state index contributed by atoms with van der Waals surface area (Å²) in [4.78, 5) is 4.35. The molecule has 0 unspecified atom stereocenters. The Kier molecular flexibility index (Phi) is 3.13. The summed E-state index contributed by atoms with van der Waals surface area (Å²) < 4.78 is 0. The van der Waals surface area contributed by atoms with Gasteiger partial charge in [0.2, 0.25) is 5.95 Å². The van der Waals surface area contributed by atoms with Gasteiger partial charge < -0.3 is 5.73 Å². The second-order valence-electron chi connectivity index (χ2n) is 4.60. The Morgan fingerprint density at radius 3 is 2.30 bits per heavy atom. The van der Waals surface area contributed by atoms with E-state index >= 15 is 0 Å². The summed E-state index contributed by atoms with van der Waals surface area (Å²) in [5.41, 5.74) is 10.3. The van der Waals surface area contributed by atoms with Crippen LogP contribution in [0, 0.1) is 6.92 Å². The zero-order chi connectivity index (χ0) is 13.9. The van der Waals surface area contributed by atoms with Gasteiger partial charge in [-0.25, -0.2) is 4.98 Å². The second-order valence-corrected chi connectivity index (χ2v) is 4.60. The SMILES string of the molecule is Cc1cccc(-c2nnc(N)nc2-c2ccccc2)c1. The molecule has 4 heteroatoms. The highest BCUT2D eigenvalue weighted by Gasteiger charge is 2.12. The maximum atomic E-state index is 5.69. The van der Waals surface area contributed by atoms with E-state index in [1.807, 2.05) is 55.5 Å². The van der Waals surface area contributed by atoms with Crippen LogP contribution in [0.3, 0.4) is 0 Å². The fraction of sp³-hybridized carbons (Fsp3) is 0.0625. The van der Waals surface area contributed by atoms with Crippen molar-refractivity contribution in [2.75, 3.05) is 5.73 Å². The molecule has 0 spiro atoms. The smallest absolute Gasteiger partial charge is 0.240 e. The molecule has 0 aliphatic heterocycles. The summed E-state index contributed by atoms with van der Waals surface area (Å²) in [5, 5.41) is 8.12. The maximum absolute atomic E-state index is 5.69. The van der Waals surface area contributed by atoms with Gasteiger partial charge in [-0.3, -0.25) is 0 Å². The molecule has 1 heterocycles. The van der Waals surface area contributed by atoms with E-state index in [1.165, 1.54) is 5.56 Å². The number of nitrogens with zero attached hydrogens (tertiary/aromatic N) is 3. The summed E-state index contributed by atoms with van der Waals surface area (Å²) in [6.07, 6.45) is 0. The first-order valence-corrected chi connectivity index (χ1v) is 6.37. The number of anilines is 1. The molecule has 98 valence electrons. The molecule has 0 amide bonds. The minimum Gasteiger partial charge on any atom is -0.366 e. The van der Waals surface area contributed by atoms with Gasteiger partial charge in [0.1, 0.15) is 11.4 Å². The molecular weight excluding hydrogens is 248 g/mol. The van der Waals surface area contributed by atoms with Gasteiger partial charge in [0, 0.05) is 11.1 Å². The molecule has 1 aromatic heterocycles. The first-order valence-electron chi connectivity index (χ1n) is 6.37. The zero-order valence-corrected chi connectivity index (χ0v) is 11.1. The summed E-state index contributed by atoms with van der Waals surface area (Å²) in [6, 6.07) is 18.0. The number of aromatic nitrogens is 3. The lowest BCUT2D eigenvalue weighted by Crippen LogP contribution is -2.02. The number of rotatable bonds is 2. The van der Waals surface area contributed by atoms with E-state index in [9.17, 15) is 0 Å². The summed E-state index contributed by atoms with van der Waals surface area (Å²) in [6.45, 7) is 2.05. The monoisotopic (exact) mass is 262 g/mol. The highest BCUT2D eigenvalue weighted by Crippen LogP contribution is 2.28. The van der Waals surface area contributed by atoms with Crippen molar-refractivity contribution in [1.29, 1.82) is 0 Å². The fourth-order valence-electron chi connectivity index (χ4n) is 2.12. The zero-order valence-electron chi connectivity index (χ0n) is 11.1. The van der Waals surface area contributed by atoms with Crippen molar-refractivity contribution in [3.8, 4) is 22.5 Å². The number of hydrogen-bond donors (Lipinski definition) is 1. The van der Waals surface area contributed by atoms with Crippen LogP contribution in [-0.2, 0) is 0 Å². The van der Waals surface area contributed by atoms with Crippen molar-refractivity contribution in [2.24, 2.45) is 0 Å². The second kappa shape index (κ2) is 5.09. The Bertz CT molecular complexity index is 738. The van der Waals surface area contributed by atoms with Crippen LogP contribution >= 0.6 is 0 Å². The van der Waals surface area contributed by atoms with Gasteiger partial charge in [0.25, 0.3) is 0 Å². The average Bonchev–Trinajstić information content (AvgIpc) is 2.48. The van der Waals surface area contributed by atoms with Gasteiger partial charge in [-0.05, 0) is 13.0 Å². The Morgan fingerprint density at radius 1 is 0.800 bits per heavy atom. The highest BCUT2D eigenvalue weighted by molar-refractivity contribution is 5.78. The van der Waals surface area contributed by atoms with Gasteiger partial charge in [-0.1, -0.05) is 54.1 Å². The Morgan fingerprint density at radius 2 is 1.55 bits per heavy atom.